The minimum Gasteiger partial charge on any atom is -0.398 e. The molecule has 0 aliphatic rings. The van der Waals surface area contributed by atoms with Gasteiger partial charge < -0.3 is 11.1 Å². The summed E-state index contributed by atoms with van der Waals surface area (Å²) in [5.74, 6) is 0.351. The summed E-state index contributed by atoms with van der Waals surface area (Å²) in [6.07, 6.45) is 0.513. The van der Waals surface area contributed by atoms with Gasteiger partial charge in [-0.2, -0.15) is 0 Å². The molecule has 4 heteroatoms. The number of benzene rings is 1. The fourth-order valence-electron chi connectivity index (χ4n) is 1.42. The van der Waals surface area contributed by atoms with Crippen molar-refractivity contribution >= 4 is 33.2 Å². The van der Waals surface area contributed by atoms with Crippen LogP contribution >= 0.6 is 15.9 Å². The molecular weight excluding hydrogens is 292 g/mol. The van der Waals surface area contributed by atoms with Crippen molar-refractivity contribution < 1.29 is 4.79 Å². The van der Waals surface area contributed by atoms with Crippen molar-refractivity contribution in [2.24, 2.45) is 11.3 Å². The number of hydrogen-bond acceptors (Lipinski definition) is 2. The van der Waals surface area contributed by atoms with Crippen molar-refractivity contribution in [2.45, 2.75) is 34.1 Å². The maximum absolute atomic E-state index is 11.9. The lowest BCUT2D eigenvalue weighted by atomic mass is 9.80. The van der Waals surface area contributed by atoms with Crippen LogP contribution in [0.3, 0.4) is 0 Å². The van der Waals surface area contributed by atoms with E-state index in [1.54, 1.807) is 6.07 Å². The first kappa shape index (κ1) is 15.0. The Bertz CT molecular complexity index is 438. The molecule has 0 aliphatic carbocycles. The Morgan fingerprint density at radius 2 is 2.06 bits per heavy atom. The molecule has 0 saturated carbocycles. The fraction of sp³-hybridized carbons (Fsp3) is 0.500. The average molecular weight is 313 g/mol. The van der Waals surface area contributed by atoms with Crippen LogP contribution in [0, 0.1) is 11.3 Å². The van der Waals surface area contributed by atoms with Crippen molar-refractivity contribution in [3.05, 3.63) is 22.7 Å². The van der Waals surface area contributed by atoms with Gasteiger partial charge in [0.2, 0.25) is 5.91 Å². The van der Waals surface area contributed by atoms with E-state index in [0.29, 0.717) is 18.0 Å². The highest BCUT2D eigenvalue weighted by atomic mass is 79.9. The van der Waals surface area contributed by atoms with E-state index in [1.165, 1.54) is 0 Å². The van der Waals surface area contributed by atoms with Gasteiger partial charge in [-0.1, -0.05) is 27.7 Å². The molecule has 0 aliphatic heterocycles. The van der Waals surface area contributed by atoms with E-state index in [1.807, 2.05) is 12.1 Å². The van der Waals surface area contributed by atoms with Gasteiger partial charge in [0.1, 0.15) is 0 Å². The SMILES string of the molecule is CC(CC(=O)Nc1ccc(Br)c(N)c1)C(C)(C)C. The molecule has 3 nitrogen and oxygen atoms in total. The largest absolute Gasteiger partial charge is 0.398 e. The molecule has 0 bridgehead atoms. The van der Waals surface area contributed by atoms with E-state index >= 15 is 0 Å². The van der Waals surface area contributed by atoms with Crippen molar-refractivity contribution in [1.82, 2.24) is 0 Å². The van der Waals surface area contributed by atoms with Crippen LogP contribution in [0.5, 0.6) is 0 Å². The molecule has 0 fully saturated rings. The minimum atomic E-state index is 0.0270. The number of nitrogens with two attached hydrogens (primary N) is 1. The summed E-state index contributed by atoms with van der Waals surface area (Å²) in [4.78, 5) is 11.9. The Kier molecular flexibility index (Phi) is 4.79. The minimum absolute atomic E-state index is 0.0270. The number of nitrogen functional groups attached to an aromatic ring is 1. The number of anilines is 2. The van der Waals surface area contributed by atoms with Gasteiger partial charge in [0.15, 0.2) is 0 Å². The van der Waals surface area contributed by atoms with Crippen molar-refractivity contribution in [3.63, 3.8) is 0 Å². The van der Waals surface area contributed by atoms with Crippen LogP contribution in [-0.4, -0.2) is 5.91 Å². The molecule has 1 rings (SSSR count). The van der Waals surface area contributed by atoms with Crippen LogP contribution in [-0.2, 0) is 4.79 Å². The van der Waals surface area contributed by atoms with Crippen LogP contribution in [0.2, 0.25) is 0 Å². The van der Waals surface area contributed by atoms with Gasteiger partial charge >= 0.3 is 0 Å². The average Bonchev–Trinajstić information content (AvgIpc) is 2.22. The second-order valence-electron chi connectivity index (χ2n) is 5.76. The maximum atomic E-state index is 11.9. The molecule has 3 N–H and O–H groups in total. The Hall–Kier alpha value is -1.03. The summed E-state index contributed by atoms with van der Waals surface area (Å²) < 4.78 is 0.837. The van der Waals surface area contributed by atoms with Crippen molar-refractivity contribution in [1.29, 1.82) is 0 Å². The van der Waals surface area contributed by atoms with Gasteiger partial charge in [-0.05, 0) is 45.5 Å². The van der Waals surface area contributed by atoms with E-state index in [0.717, 1.165) is 10.2 Å². The quantitative estimate of drug-likeness (QED) is 0.827. The van der Waals surface area contributed by atoms with Gasteiger partial charge in [0.25, 0.3) is 0 Å². The first-order valence-corrected chi connectivity index (χ1v) is 6.84. The summed E-state index contributed by atoms with van der Waals surface area (Å²) in [6, 6.07) is 5.42. The predicted molar refractivity (Wildman–Crippen MR) is 80.4 cm³/mol. The van der Waals surface area contributed by atoms with E-state index in [4.69, 9.17) is 5.73 Å². The molecule has 1 aromatic carbocycles. The number of halogens is 1. The molecule has 1 atom stereocenters. The second-order valence-corrected chi connectivity index (χ2v) is 6.61. The normalized spacial score (nSPS) is 13.2. The van der Waals surface area contributed by atoms with Crippen LogP contribution in [0.4, 0.5) is 11.4 Å². The van der Waals surface area contributed by atoms with Crippen LogP contribution in [0.25, 0.3) is 0 Å². The summed E-state index contributed by atoms with van der Waals surface area (Å²) in [6.45, 7) is 8.52. The Morgan fingerprint density at radius 3 is 2.56 bits per heavy atom. The summed E-state index contributed by atoms with van der Waals surface area (Å²) in [7, 11) is 0. The zero-order chi connectivity index (χ0) is 13.9. The first-order chi connectivity index (χ1) is 8.20. The molecule has 100 valence electrons. The number of rotatable bonds is 3. The lowest BCUT2D eigenvalue weighted by Gasteiger charge is -2.26. The molecule has 0 saturated heterocycles. The van der Waals surface area contributed by atoms with Gasteiger partial charge in [0.05, 0.1) is 0 Å². The number of nitrogens with one attached hydrogen (secondary N) is 1. The monoisotopic (exact) mass is 312 g/mol. The second kappa shape index (κ2) is 5.74. The smallest absolute Gasteiger partial charge is 0.224 e. The standard InChI is InChI=1S/C14H21BrN2O/c1-9(14(2,3)4)7-13(18)17-10-5-6-11(15)12(16)8-10/h5-6,8-9H,7,16H2,1-4H3,(H,17,18). The Labute approximate surface area is 117 Å². The van der Waals surface area contributed by atoms with E-state index in [9.17, 15) is 4.79 Å². The van der Waals surface area contributed by atoms with Crippen molar-refractivity contribution in [3.8, 4) is 0 Å². The number of carbonyl (C=O) groups excluding carboxylic acids is 1. The van der Waals surface area contributed by atoms with Crippen LogP contribution < -0.4 is 11.1 Å². The molecule has 1 aromatic rings. The molecule has 0 spiro atoms. The van der Waals surface area contributed by atoms with Crippen molar-refractivity contribution in [2.75, 3.05) is 11.1 Å². The molecule has 0 aromatic heterocycles. The third kappa shape index (κ3) is 4.33. The first-order valence-electron chi connectivity index (χ1n) is 6.05. The van der Waals surface area contributed by atoms with Gasteiger partial charge in [0, 0.05) is 22.3 Å². The van der Waals surface area contributed by atoms with E-state index in [2.05, 4.69) is 48.9 Å². The fourth-order valence-corrected chi connectivity index (χ4v) is 1.66. The molecular formula is C14H21BrN2O. The highest BCUT2D eigenvalue weighted by Crippen LogP contribution is 2.28. The lowest BCUT2D eigenvalue weighted by Crippen LogP contribution is -2.23. The van der Waals surface area contributed by atoms with Gasteiger partial charge in [-0.25, -0.2) is 0 Å². The molecule has 18 heavy (non-hydrogen) atoms. The van der Waals surface area contributed by atoms with Crippen LogP contribution in [0.15, 0.2) is 22.7 Å². The van der Waals surface area contributed by atoms with Gasteiger partial charge in [-0.3, -0.25) is 4.79 Å². The Morgan fingerprint density at radius 1 is 1.44 bits per heavy atom. The predicted octanol–water partition coefficient (Wildman–Crippen LogP) is 4.04. The summed E-state index contributed by atoms with van der Waals surface area (Å²) in [5.41, 5.74) is 7.26. The maximum Gasteiger partial charge on any atom is 0.224 e. The molecule has 0 heterocycles. The molecule has 0 radical (unpaired) electrons. The number of hydrogen-bond donors (Lipinski definition) is 2. The highest BCUT2D eigenvalue weighted by molar-refractivity contribution is 9.10. The third-order valence-corrected chi connectivity index (χ3v) is 3.97. The number of carbonyl (C=O) groups is 1. The van der Waals surface area contributed by atoms with E-state index < -0.39 is 0 Å². The summed E-state index contributed by atoms with van der Waals surface area (Å²) in [5, 5.41) is 2.87. The van der Waals surface area contributed by atoms with Crippen LogP contribution in [0.1, 0.15) is 34.1 Å². The van der Waals surface area contributed by atoms with Gasteiger partial charge in [-0.15, -0.1) is 0 Å². The molecule has 1 unspecified atom stereocenters. The lowest BCUT2D eigenvalue weighted by molar-refractivity contribution is -0.117. The number of amides is 1. The topological polar surface area (TPSA) is 55.1 Å². The molecule has 1 amide bonds. The zero-order valence-corrected chi connectivity index (χ0v) is 13.0. The third-order valence-electron chi connectivity index (χ3n) is 3.25. The zero-order valence-electron chi connectivity index (χ0n) is 11.4. The van der Waals surface area contributed by atoms with E-state index in [-0.39, 0.29) is 11.3 Å². The summed E-state index contributed by atoms with van der Waals surface area (Å²) >= 11 is 3.32. The highest BCUT2D eigenvalue weighted by Gasteiger charge is 2.22. The Balaban J connectivity index is 2.62.